The minimum Gasteiger partial charge on any atom is -0.366 e. The molecule has 0 bridgehead atoms. The van der Waals surface area contributed by atoms with Gasteiger partial charge in [0, 0.05) is 37.4 Å². The van der Waals surface area contributed by atoms with Gasteiger partial charge in [-0.05, 0) is 49.4 Å². The highest BCUT2D eigenvalue weighted by Gasteiger charge is 2.43. The van der Waals surface area contributed by atoms with Crippen LogP contribution in [0.15, 0.2) is 54.6 Å². The van der Waals surface area contributed by atoms with Crippen molar-refractivity contribution in [2.24, 2.45) is 0 Å². The summed E-state index contributed by atoms with van der Waals surface area (Å²) in [4.78, 5) is 5.04. The largest absolute Gasteiger partial charge is 0.366 e. The molecule has 0 aliphatic carbocycles. The van der Waals surface area contributed by atoms with Crippen molar-refractivity contribution in [1.82, 2.24) is 4.90 Å². The molecule has 0 amide bonds. The first-order valence-electron chi connectivity index (χ1n) is 9.05. The van der Waals surface area contributed by atoms with E-state index in [1.54, 1.807) is 6.07 Å². The molecule has 2 aliphatic rings. The highest BCUT2D eigenvalue weighted by atomic mass is 19.1. The van der Waals surface area contributed by atoms with Gasteiger partial charge in [0.1, 0.15) is 5.82 Å². The number of halogens is 1. The van der Waals surface area contributed by atoms with Crippen LogP contribution >= 0.6 is 0 Å². The summed E-state index contributed by atoms with van der Waals surface area (Å²) in [6.45, 7) is 4.35. The van der Waals surface area contributed by atoms with E-state index >= 15 is 0 Å². The zero-order valence-electron chi connectivity index (χ0n) is 14.1. The predicted octanol–water partition coefficient (Wildman–Crippen LogP) is 4.46. The Labute approximate surface area is 143 Å². The highest BCUT2D eigenvalue weighted by molar-refractivity contribution is 5.50. The monoisotopic (exact) mass is 324 g/mol. The molecule has 2 nitrogen and oxygen atoms in total. The fourth-order valence-electron chi connectivity index (χ4n) is 4.47. The van der Waals surface area contributed by atoms with E-state index in [2.05, 4.69) is 46.2 Å². The van der Waals surface area contributed by atoms with Gasteiger partial charge in [0.05, 0.1) is 0 Å². The topological polar surface area (TPSA) is 6.48 Å². The Kier molecular flexibility index (Phi) is 4.28. The molecule has 24 heavy (non-hydrogen) atoms. The van der Waals surface area contributed by atoms with Crippen LogP contribution in [0.25, 0.3) is 0 Å². The summed E-state index contributed by atoms with van der Waals surface area (Å²) in [5, 5.41) is 0. The van der Waals surface area contributed by atoms with Gasteiger partial charge >= 0.3 is 0 Å². The van der Waals surface area contributed by atoms with Gasteiger partial charge in [0.25, 0.3) is 0 Å². The summed E-state index contributed by atoms with van der Waals surface area (Å²) in [5.41, 5.74) is 2.69. The van der Waals surface area contributed by atoms with Gasteiger partial charge < -0.3 is 4.90 Å². The summed E-state index contributed by atoms with van der Waals surface area (Å²) in [6.07, 6.45) is 4.81. The lowest BCUT2D eigenvalue weighted by atomic mass is 9.84. The molecular weight excluding hydrogens is 299 g/mol. The van der Waals surface area contributed by atoms with Crippen LogP contribution in [0.4, 0.5) is 10.1 Å². The van der Waals surface area contributed by atoms with E-state index in [1.165, 1.54) is 37.3 Å². The molecule has 2 fully saturated rings. The number of hydrogen-bond donors (Lipinski definition) is 0. The molecule has 2 heterocycles. The first-order valence-corrected chi connectivity index (χ1v) is 9.05. The minimum absolute atomic E-state index is 0.129. The smallest absolute Gasteiger partial charge is 0.125 e. The maximum atomic E-state index is 13.6. The van der Waals surface area contributed by atoms with E-state index < -0.39 is 0 Å². The summed E-state index contributed by atoms with van der Waals surface area (Å²) < 4.78 is 13.6. The Bertz CT molecular complexity index is 677. The quantitative estimate of drug-likeness (QED) is 0.822. The first-order chi connectivity index (χ1) is 11.8. The summed E-state index contributed by atoms with van der Waals surface area (Å²) in [7, 11) is 0. The lowest BCUT2D eigenvalue weighted by Crippen LogP contribution is -2.52. The fourth-order valence-corrected chi connectivity index (χ4v) is 4.47. The lowest BCUT2D eigenvalue weighted by Gasteiger charge is -2.46. The standard InChI is InChI=1S/C21H25FN2/c22-19-8-4-9-20(16-19)24-13-5-10-21(24)11-14-23(15-12-21)17-18-6-2-1-3-7-18/h1-4,6-9,16H,5,10-15,17H2. The molecule has 0 unspecified atom stereocenters. The molecule has 2 saturated heterocycles. The number of nitrogens with zero attached hydrogens (tertiary/aromatic N) is 2. The van der Waals surface area contributed by atoms with Crippen molar-refractivity contribution in [1.29, 1.82) is 0 Å². The van der Waals surface area contributed by atoms with Crippen LogP contribution in [0.1, 0.15) is 31.2 Å². The van der Waals surface area contributed by atoms with Crippen LogP contribution in [0, 0.1) is 5.82 Å². The van der Waals surface area contributed by atoms with Crippen molar-refractivity contribution < 1.29 is 4.39 Å². The van der Waals surface area contributed by atoms with E-state index in [9.17, 15) is 4.39 Å². The molecule has 3 heteroatoms. The van der Waals surface area contributed by atoms with Crippen LogP contribution in [-0.4, -0.2) is 30.1 Å². The summed E-state index contributed by atoms with van der Waals surface area (Å²) in [5.74, 6) is -0.129. The van der Waals surface area contributed by atoms with E-state index in [1.807, 2.05) is 6.07 Å². The molecule has 0 aromatic heterocycles. The molecule has 0 N–H and O–H groups in total. The van der Waals surface area contributed by atoms with Crippen molar-refractivity contribution in [3.05, 3.63) is 66.0 Å². The average molecular weight is 324 g/mol. The molecule has 2 aromatic rings. The van der Waals surface area contributed by atoms with E-state index in [4.69, 9.17) is 0 Å². The second-order valence-electron chi connectivity index (χ2n) is 7.22. The van der Waals surface area contributed by atoms with Gasteiger partial charge in [0.15, 0.2) is 0 Å². The third-order valence-corrected chi connectivity index (χ3v) is 5.75. The van der Waals surface area contributed by atoms with Gasteiger partial charge in [0.2, 0.25) is 0 Å². The third kappa shape index (κ3) is 3.05. The Balaban J connectivity index is 1.45. The van der Waals surface area contributed by atoms with Gasteiger partial charge in [-0.1, -0.05) is 36.4 Å². The van der Waals surface area contributed by atoms with Gasteiger partial charge in [-0.3, -0.25) is 4.90 Å². The molecule has 1 spiro atoms. The number of likely N-dealkylation sites (tertiary alicyclic amines) is 1. The number of piperidine rings is 1. The van der Waals surface area contributed by atoms with E-state index in [0.717, 1.165) is 31.9 Å². The normalized spacial score (nSPS) is 20.6. The first kappa shape index (κ1) is 15.6. The molecule has 0 saturated carbocycles. The average Bonchev–Trinajstić information content (AvgIpc) is 3.01. The molecule has 126 valence electrons. The lowest BCUT2D eigenvalue weighted by molar-refractivity contribution is 0.156. The van der Waals surface area contributed by atoms with Crippen molar-refractivity contribution in [2.75, 3.05) is 24.5 Å². The third-order valence-electron chi connectivity index (χ3n) is 5.75. The predicted molar refractivity (Wildman–Crippen MR) is 96.7 cm³/mol. The number of benzene rings is 2. The second kappa shape index (κ2) is 6.56. The van der Waals surface area contributed by atoms with Crippen molar-refractivity contribution >= 4 is 5.69 Å². The molecule has 4 rings (SSSR count). The van der Waals surface area contributed by atoms with Crippen LogP contribution < -0.4 is 4.90 Å². The van der Waals surface area contributed by atoms with Crippen LogP contribution in [0.3, 0.4) is 0 Å². The van der Waals surface area contributed by atoms with Gasteiger partial charge in [-0.2, -0.15) is 0 Å². The summed E-state index contributed by atoms with van der Waals surface area (Å²) >= 11 is 0. The maximum absolute atomic E-state index is 13.6. The van der Waals surface area contributed by atoms with Crippen LogP contribution in [0.2, 0.25) is 0 Å². The van der Waals surface area contributed by atoms with Crippen LogP contribution in [-0.2, 0) is 6.54 Å². The Hall–Kier alpha value is -1.87. The Morgan fingerprint density at radius 1 is 0.875 bits per heavy atom. The van der Waals surface area contributed by atoms with E-state index in [0.29, 0.717) is 0 Å². The Morgan fingerprint density at radius 3 is 2.42 bits per heavy atom. The van der Waals surface area contributed by atoms with Crippen molar-refractivity contribution in [3.8, 4) is 0 Å². The van der Waals surface area contributed by atoms with Crippen molar-refractivity contribution in [2.45, 2.75) is 37.8 Å². The zero-order valence-corrected chi connectivity index (χ0v) is 14.1. The molecule has 2 aliphatic heterocycles. The molecular formula is C21H25FN2. The SMILES string of the molecule is Fc1cccc(N2CCCC23CCN(Cc2ccccc2)CC3)c1. The van der Waals surface area contributed by atoms with Crippen molar-refractivity contribution in [3.63, 3.8) is 0 Å². The Morgan fingerprint density at radius 2 is 1.67 bits per heavy atom. The summed E-state index contributed by atoms with van der Waals surface area (Å²) in [6, 6.07) is 17.8. The molecule has 0 atom stereocenters. The highest BCUT2D eigenvalue weighted by Crippen LogP contribution is 2.41. The second-order valence-corrected chi connectivity index (χ2v) is 7.22. The van der Waals surface area contributed by atoms with Gasteiger partial charge in [-0.25, -0.2) is 4.39 Å². The number of anilines is 1. The maximum Gasteiger partial charge on any atom is 0.125 e. The number of hydrogen-bond acceptors (Lipinski definition) is 2. The zero-order chi connectivity index (χ0) is 16.4. The molecule has 2 aromatic carbocycles. The van der Waals surface area contributed by atoms with E-state index in [-0.39, 0.29) is 11.4 Å². The molecule has 0 radical (unpaired) electrons. The fraction of sp³-hybridized carbons (Fsp3) is 0.429. The minimum atomic E-state index is -0.129. The van der Waals surface area contributed by atoms with Gasteiger partial charge in [-0.15, -0.1) is 0 Å². The number of rotatable bonds is 3. The van der Waals surface area contributed by atoms with Crippen LogP contribution in [0.5, 0.6) is 0 Å².